The van der Waals surface area contributed by atoms with E-state index >= 15 is 0 Å². The molecule has 0 spiro atoms. The van der Waals surface area contributed by atoms with E-state index in [1.807, 2.05) is 6.92 Å². The maximum absolute atomic E-state index is 14.3. The molecule has 7 heteroatoms. The van der Waals surface area contributed by atoms with E-state index in [9.17, 15) is 13.4 Å². The molecule has 1 heterocycles. The molecule has 3 unspecified atom stereocenters. The molecule has 1 fully saturated rings. The van der Waals surface area contributed by atoms with Crippen molar-refractivity contribution in [3.05, 3.63) is 51.6 Å². The van der Waals surface area contributed by atoms with E-state index < -0.39 is 16.8 Å². The van der Waals surface area contributed by atoms with Gasteiger partial charge < -0.3 is 10.0 Å². The highest BCUT2D eigenvalue weighted by molar-refractivity contribution is 7.87. The van der Waals surface area contributed by atoms with Crippen molar-refractivity contribution in [3.63, 3.8) is 0 Å². The van der Waals surface area contributed by atoms with Gasteiger partial charge >= 0.3 is 0 Å². The smallest absolute Gasteiger partial charge is 0.254 e. The number of nitrogens with zero attached hydrogens (tertiary/aromatic N) is 1. The van der Waals surface area contributed by atoms with Crippen molar-refractivity contribution >= 4 is 28.2 Å². The van der Waals surface area contributed by atoms with Crippen LogP contribution >= 0.6 is 0 Å². The molecule has 1 aromatic carbocycles. The summed E-state index contributed by atoms with van der Waals surface area (Å²) in [5.74, 6) is 1.04. The summed E-state index contributed by atoms with van der Waals surface area (Å²) in [7, 11) is 0.364. The third-order valence-electron chi connectivity index (χ3n) is 5.09. The topological polar surface area (TPSA) is 63.1 Å². The average molecular weight is 406 g/mol. The van der Waals surface area contributed by atoms with Gasteiger partial charge in [0.15, 0.2) is 0 Å². The van der Waals surface area contributed by atoms with Crippen LogP contribution in [0.25, 0.3) is 0 Å². The van der Waals surface area contributed by atoms with Gasteiger partial charge in [-0.05, 0) is 62.3 Å². The van der Waals surface area contributed by atoms with Crippen molar-refractivity contribution in [1.29, 1.82) is 0 Å². The largest absolute Gasteiger partial charge is 0.337 e. The number of halogens is 1. The Bertz CT molecular complexity index is 971. The average Bonchev–Trinajstić information content (AvgIpc) is 3.36. The predicted octanol–water partition coefficient (Wildman–Crippen LogP) is 4.40. The molecule has 0 saturated heterocycles. The summed E-state index contributed by atoms with van der Waals surface area (Å²) in [5, 5.41) is 3.12. The fourth-order valence-corrected chi connectivity index (χ4v) is 4.90. The summed E-state index contributed by atoms with van der Waals surface area (Å²) in [6.07, 6.45) is 2.00. The van der Waals surface area contributed by atoms with Gasteiger partial charge in [0.2, 0.25) is 0 Å². The molecular weight excluding hydrogens is 377 g/mol. The van der Waals surface area contributed by atoms with Gasteiger partial charge in [0.25, 0.3) is 5.56 Å². The number of hydrogen-bond donors (Lipinski definition) is 2. The van der Waals surface area contributed by atoms with Gasteiger partial charge in [0.05, 0.1) is 16.6 Å². The third kappa shape index (κ3) is 4.46. The normalized spacial score (nSPS) is 19.5. The first kappa shape index (κ1) is 20.6. The van der Waals surface area contributed by atoms with E-state index in [0.717, 1.165) is 18.4 Å². The molecule has 0 amide bonds. The van der Waals surface area contributed by atoms with Crippen LogP contribution in [0.15, 0.2) is 29.1 Å². The zero-order valence-corrected chi connectivity index (χ0v) is 17.8. The number of anilines is 3. The van der Waals surface area contributed by atoms with Crippen LogP contribution in [0.3, 0.4) is 0 Å². The molecule has 1 saturated carbocycles. The Morgan fingerprint density at radius 1 is 1.25 bits per heavy atom. The number of pyridine rings is 1. The molecule has 3 atom stereocenters. The first-order chi connectivity index (χ1) is 13.2. The summed E-state index contributed by atoms with van der Waals surface area (Å²) >= 11 is 0. The van der Waals surface area contributed by atoms with Crippen LogP contribution in [0, 0.1) is 31.5 Å². The van der Waals surface area contributed by atoms with E-state index in [4.69, 9.17) is 0 Å². The maximum atomic E-state index is 14.3. The van der Waals surface area contributed by atoms with Crippen molar-refractivity contribution < 1.29 is 8.60 Å². The van der Waals surface area contributed by atoms with Gasteiger partial charge in [-0.25, -0.2) is 8.60 Å². The van der Waals surface area contributed by atoms with Gasteiger partial charge in [-0.3, -0.25) is 9.36 Å². The molecule has 0 radical (unpaired) electrons. The summed E-state index contributed by atoms with van der Waals surface area (Å²) < 4.78 is 31.6. The minimum absolute atomic E-state index is 0.115. The molecule has 1 aliphatic rings. The monoisotopic (exact) mass is 405 g/mol. The van der Waals surface area contributed by atoms with Crippen LogP contribution in [0.5, 0.6) is 0 Å². The third-order valence-corrected chi connectivity index (χ3v) is 6.64. The van der Waals surface area contributed by atoms with E-state index in [1.165, 1.54) is 10.6 Å². The number of aromatic nitrogens is 1. The fraction of sp³-hybridized carbons (Fsp3) is 0.476. The molecule has 28 heavy (non-hydrogen) atoms. The van der Waals surface area contributed by atoms with E-state index in [0.29, 0.717) is 28.9 Å². The minimum Gasteiger partial charge on any atom is -0.337 e. The van der Waals surface area contributed by atoms with Crippen molar-refractivity contribution in [2.75, 3.05) is 10.0 Å². The van der Waals surface area contributed by atoms with Crippen LogP contribution in [0.4, 0.5) is 21.6 Å². The van der Waals surface area contributed by atoms with Gasteiger partial charge in [0.1, 0.15) is 22.6 Å². The highest BCUT2D eigenvalue weighted by Crippen LogP contribution is 2.41. The Morgan fingerprint density at radius 3 is 2.61 bits per heavy atom. The number of hydrogen-bond acceptors (Lipinski definition) is 3. The standard InChI is InChI=1S/C21H28FN3O2S/c1-12(2)8-15-11-19(15)28(27)24-18-10-14(4)21(26)25(5)20(18)23-17-7-6-13(3)9-16(17)22/h6-7,9-10,12,15,19,23-24H,8,11H2,1-5H3. The quantitative estimate of drug-likeness (QED) is 0.718. The van der Waals surface area contributed by atoms with Crippen molar-refractivity contribution in [1.82, 2.24) is 4.57 Å². The lowest BCUT2D eigenvalue weighted by Gasteiger charge is -2.18. The van der Waals surface area contributed by atoms with Crippen molar-refractivity contribution in [2.45, 2.75) is 45.8 Å². The zero-order valence-electron chi connectivity index (χ0n) is 17.0. The molecule has 3 rings (SSSR count). The molecule has 0 bridgehead atoms. The van der Waals surface area contributed by atoms with Crippen LogP contribution in [-0.4, -0.2) is 14.0 Å². The zero-order chi connectivity index (χ0) is 20.6. The van der Waals surface area contributed by atoms with Gasteiger partial charge in [-0.15, -0.1) is 0 Å². The van der Waals surface area contributed by atoms with Crippen LogP contribution < -0.4 is 15.6 Å². The lowest BCUT2D eigenvalue weighted by atomic mass is 10.1. The molecule has 1 aliphatic carbocycles. The first-order valence-electron chi connectivity index (χ1n) is 9.58. The first-order valence-corrected chi connectivity index (χ1v) is 10.8. The summed E-state index contributed by atoms with van der Waals surface area (Å²) in [6, 6.07) is 6.54. The molecule has 2 N–H and O–H groups in total. The number of rotatable bonds is 7. The molecule has 152 valence electrons. The van der Waals surface area contributed by atoms with Crippen molar-refractivity contribution in [2.24, 2.45) is 18.9 Å². The Balaban J connectivity index is 1.88. The second-order valence-electron chi connectivity index (χ2n) is 8.13. The summed E-state index contributed by atoms with van der Waals surface area (Å²) in [6.45, 7) is 7.86. The van der Waals surface area contributed by atoms with E-state index in [2.05, 4.69) is 23.9 Å². The van der Waals surface area contributed by atoms with Gasteiger partial charge in [-0.2, -0.15) is 0 Å². The predicted molar refractivity (Wildman–Crippen MR) is 114 cm³/mol. The Kier molecular flexibility index (Phi) is 5.93. The van der Waals surface area contributed by atoms with Crippen molar-refractivity contribution in [3.8, 4) is 0 Å². The SMILES string of the molecule is Cc1ccc(Nc2c(NS(=O)C3CC3CC(C)C)cc(C)c(=O)n2C)c(F)c1. The van der Waals surface area contributed by atoms with Gasteiger partial charge in [0, 0.05) is 12.6 Å². The minimum atomic E-state index is -1.26. The molecule has 0 aliphatic heterocycles. The summed E-state index contributed by atoms with van der Waals surface area (Å²) in [4.78, 5) is 12.4. The molecule has 5 nitrogen and oxygen atoms in total. The molecule has 1 aromatic heterocycles. The lowest BCUT2D eigenvalue weighted by Crippen LogP contribution is -2.24. The second kappa shape index (κ2) is 8.07. The number of benzene rings is 1. The van der Waals surface area contributed by atoms with Crippen LogP contribution in [0.2, 0.25) is 0 Å². The maximum Gasteiger partial charge on any atom is 0.254 e. The van der Waals surface area contributed by atoms with Crippen LogP contribution in [0.1, 0.15) is 37.8 Å². The van der Waals surface area contributed by atoms with E-state index in [1.54, 1.807) is 32.2 Å². The Hall–Kier alpha value is -2.15. The highest BCUT2D eigenvalue weighted by atomic mass is 32.2. The second-order valence-corrected chi connectivity index (χ2v) is 9.53. The number of aryl methyl sites for hydroxylation is 2. The lowest BCUT2D eigenvalue weighted by molar-refractivity contribution is 0.540. The summed E-state index contributed by atoms with van der Waals surface area (Å²) in [5.41, 5.74) is 1.96. The fourth-order valence-electron chi connectivity index (χ4n) is 3.49. The molecular formula is C21H28FN3O2S. The Labute approximate surface area is 167 Å². The van der Waals surface area contributed by atoms with Crippen LogP contribution in [-0.2, 0) is 18.0 Å². The van der Waals surface area contributed by atoms with E-state index in [-0.39, 0.29) is 16.5 Å². The van der Waals surface area contributed by atoms with Gasteiger partial charge in [-0.1, -0.05) is 19.9 Å². The Morgan fingerprint density at radius 2 is 1.96 bits per heavy atom. The highest BCUT2D eigenvalue weighted by Gasteiger charge is 2.42. The number of nitrogens with one attached hydrogen (secondary N) is 2. The molecule has 2 aromatic rings.